The molecule has 9 nitrogen and oxygen atoms in total. The number of carbonyl (C=O) groups is 2. The fourth-order valence-electron chi connectivity index (χ4n) is 3.21. The number of furan rings is 1. The van der Waals surface area contributed by atoms with Gasteiger partial charge in [0.15, 0.2) is 28.6 Å². The molecular weight excluding hydrogens is 396 g/mol. The molecule has 9 heteroatoms. The second-order valence-corrected chi connectivity index (χ2v) is 6.21. The predicted octanol–water partition coefficient (Wildman–Crippen LogP) is 3.03. The minimum Gasteiger partial charge on any atom is -0.502 e. The summed E-state index contributed by atoms with van der Waals surface area (Å²) in [7, 11) is 5.63. The summed E-state index contributed by atoms with van der Waals surface area (Å²) >= 11 is 0. The number of hydrogen-bond acceptors (Lipinski definition) is 8. The molecule has 1 aromatic heterocycles. The van der Waals surface area contributed by atoms with Crippen LogP contribution in [0, 0.1) is 0 Å². The maximum absolute atomic E-state index is 13.4. The minimum absolute atomic E-state index is 0.0135. The molecule has 0 aliphatic rings. The first-order chi connectivity index (χ1) is 14.4. The number of ketones is 1. The number of benzene rings is 2. The number of phenolic OH excluding ortho intramolecular Hbond substituents is 1. The number of ether oxygens (including phenoxy) is 4. The molecule has 0 unspecified atom stereocenters. The van der Waals surface area contributed by atoms with Crippen molar-refractivity contribution in [1.82, 2.24) is 0 Å². The number of aromatic hydroxyl groups is 1. The maximum Gasteiger partial charge on any atom is 0.311 e. The lowest BCUT2D eigenvalue weighted by Crippen LogP contribution is -2.08. The van der Waals surface area contributed by atoms with E-state index in [-0.39, 0.29) is 50.9 Å². The third-order valence-corrected chi connectivity index (χ3v) is 4.55. The Morgan fingerprint density at radius 1 is 0.933 bits per heavy atom. The number of carbonyl (C=O) groups excluding carboxylic acids is 1. The van der Waals surface area contributed by atoms with Crippen molar-refractivity contribution in [3.8, 4) is 28.7 Å². The van der Waals surface area contributed by atoms with Crippen molar-refractivity contribution in [1.29, 1.82) is 0 Å². The van der Waals surface area contributed by atoms with E-state index >= 15 is 0 Å². The van der Waals surface area contributed by atoms with Gasteiger partial charge in [-0.15, -0.1) is 0 Å². The molecule has 1 heterocycles. The Labute approximate surface area is 171 Å². The van der Waals surface area contributed by atoms with E-state index in [0.717, 1.165) is 0 Å². The number of aliphatic carboxylic acids is 1. The smallest absolute Gasteiger partial charge is 0.311 e. The average molecular weight is 416 g/mol. The Bertz CT molecular complexity index is 1100. The van der Waals surface area contributed by atoms with Gasteiger partial charge in [-0.2, -0.15) is 0 Å². The van der Waals surface area contributed by atoms with Crippen molar-refractivity contribution in [2.24, 2.45) is 0 Å². The fraction of sp³-hybridized carbons (Fsp3) is 0.238. The van der Waals surface area contributed by atoms with E-state index in [4.69, 9.17) is 23.4 Å². The molecule has 158 valence electrons. The van der Waals surface area contributed by atoms with Crippen LogP contribution in [-0.2, 0) is 11.2 Å². The van der Waals surface area contributed by atoms with E-state index in [9.17, 15) is 19.8 Å². The monoisotopic (exact) mass is 416 g/mol. The van der Waals surface area contributed by atoms with Crippen LogP contribution in [0.5, 0.6) is 28.7 Å². The SMILES string of the molecule is COc1cc(C(=O)c2c(CC(=O)O)oc3c(O)c(OC)ccc23)cc(OC)c1OC. The lowest BCUT2D eigenvalue weighted by molar-refractivity contribution is -0.136. The molecule has 0 saturated heterocycles. The Kier molecular flexibility index (Phi) is 5.72. The van der Waals surface area contributed by atoms with Crippen LogP contribution in [0.2, 0.25) is 0 Å². The molecule has 3 rings (SSSR count). The van der Waals surface area contributed by atoms with Gasteiger partial charge in [-0.05, 0) is 24.3 Å². The summed E-state index contributed by atoms with van der Waals surface area (Å²) in [6.45, 7) is 0. The molecule has 30 heavy (non-hydrogen) atoms. The first kappa shape index (κ1) is 20.8. The highest BCUT2D eigenvalue weighted by Crippen LogP contribution is 2.42. The molecule has 0 aliphatic carbocycles. The molecule has 0 amide bonds. The average Bonchev–Trinajstić information content (AvgIpc) is 3.10. The first-order valence-corrected chi connectivity index (χ1v) is 8.74. The standard InChI is InChI=1S/C21H20O9/c1-26-12-6-5-11-17(13(9-16(22)23)30-20(11)19(12)25)18(24)10-7-14(27-2)21(29-4)15(8-10)28-3/h5-8,25H,9H2,1-4H3,(H,22,23). The van der Waals surface area contributed by atoms with Gasteiger partial charge in [0.2, 0.25) is 11.5 Å². The van der Waals surface area contributed by atoms with Crippen LogP contribution >= 0.6 is 0 Å². The molecule has 0 radical (unpaired) electrons. The van der Waals surface area contributed by atoms with E-state index in [1.54, 1.807) is 0 Å². The summed E-state index contributed by atoms with van der Waals surface area (Å²) in [5.74, 6) is -1.19. The zero-order chi connectivity index (χ0) is 22.0. The quantitative estimate of drug-likeness (QED) is 0.533. The second kappa shape index (κ2) is 8.24. The third kappa shape index (κ3) is 3.45. The zero-order valence-electron chi connectivity index (χ0n) is 16.8. The molecule has 0 atom stereocenters. The van der Waals surface area contributed by atoms with Gasteiger partial charge < -0.3 is 33.6 Å². The van der Waals surface area contributed by atoms with Crippen molar-refractivity contribution < 1.29 is 43.2 Å². The third-order valence-electron chi connectivity index (χ3n) is 4.55. The Hall–Kier alpha value is -3.88. The minimum atomic E-state index is -1.19. The van der Waals surface area contributed by atoms with Crippen LogP contribution in [0.15, 0.2) is 28.7 Å². The van der Waals surface area contributed by atoms with Gasteiger partial charge in [-0.3, -0.25) is 9.59 Å². The summed E-state index contributed by atoms with van der Waals surface area (Å²) in [5, 5.41) is 19.9. The first-order valence-electron chi connectivity index (χ1n) is 8.74. The van der Waals surface area contributed by atoms with Gasteiger partial charge in [0.1, 0.15) is 12.2 Å². The number of fused-ring (bicyclic) bond motifs is 1. The van der Waals surface area contributed by atoms with Crippen molar-refractivity contribution >= 4 is 22.7 Å². The molecule has 0 aliphatic heterocycles. The van der Waals surface area contributed by atoms with E-state index in [1.807, 2.05) is 0 Å². The molecule has 2 aromatic carbocycles. The largest absolute Gasteiger partial charge is 0.502 e. The highest BCUT2D eigenvalue weighted by atomic mass is 16.5. The summed E-state index contributed by atoms with van der Waals surface area (Å²) < 4.78 is 26.5. The Morgan fingerprint density at radius 2 is 1.53 bits per heavy atom. The van der Waals surface area contributed by atoms with Gasteiger partial charge in [0.05, 0.1) is 34.0 Å². The number of carboxylic acids is 1. The second-order valence-electron chi connectivity index (χ2n) is 6.21. The van der Waals surface area contributed by atoms with E-state index in [0.29, 0.717) is 5.75 Å². The molecule has 0 saturated carbocycles. The van der Waals surface area contributed by atoms with Gasteiger partial charge in [-0.1, -0.05) is 0 Å². The molecule has 2 N–H and O–H groups in total. The predicted molar refractivity (Wildman–Crippen MR) is 105 cm³/mol. The molecule has 3 aromatic rings. The van der Waals surface area contributed by atoms with Crippen molar-refractivity contribution in [3.05, 3.63) is 41.2 Å². The molecule has 0 bridgehead atoms. The summed E-state index contributed by atoms with van der Waals surface area (Å²) in [6.07, 6.45) is -0.554. The van der Waals surface area contributed by atoms with Gasteiger partial charge >= 0.3 is 5.97 Å². The number of carboxylic acid groups (broad SMARTS) is 1. The van der Waals surface area contributed by atoms with Crippen LogP contribution in [-0.4, -0.2) is 50.4 Å². The zero-order valence-corrected chi connectivity index (χ0v) is 16.8. The van der Waals surface area contributed by atoms with Crippen LogP contribution in [0.25, 0.3) is 11.0 Å². The maximum atomic E-state index is 13.4. The number of hydrogen-bond donors (Lipinski definition) is 2. The lowest BCUT2D eigenvalue weighted by Gasteiger charge is -2.13. The summed E-state index contributed by atoms with van der Waals surface area (Å²) in [6, 6.07) is 5.89. The topological polar surface area (TPSA) is 125 Å². The Balaban J connectivity index is 2.26. The van der Waals surface area contributed by atoms with E-state index < -0.39 is 18.2 Å². The van der Waals surface area contributed by atoms with Crippen molar-refractivity contribution in [2.45, 2.75) is 6.42 Å². The Morgan fingerprint density at radius 3 is 2.03 bits per heavy atom. The fourth-order valence-corrected chi connectivity index (χ4v) is 3.21. The highest BCUT2D eigenvalue weighted by Gasteiger charge is 2.28. The molecular formula is C21H20O9. The normalized spacial score (nSPS) is 10.7. The van der Waals surface area contributed by atoms with Crippen LogP contribution in [0.1, 0.15) is 21.7 Å². The summed E-state index contributed by atoms with van der Waals surface area (Å²) in [5.41, 5.74) is 0.134. The highest BCUT2D eigenvalue weighted by molar-refractivity contribution is 6.18. The van der Waals surface area contributed by atoms with Gasteiger partial charge in [0.25, 0.3) is 0 Å². The van der Waals surface area contributed by atoms with Gasteiger partial charge in [0, 0.05) is 10.9 Å². The van der Waals surface area contributed by atoms with Gasteiger partial charge in [-0.25, -0.2) is 0 Å². The van der Waals surface area contributed by atoms with Crippen LogP contribution < -0.4 is 18.9 Å². The molecule has 0 fully saturated rings. The number of methoxy groups -OCH3 is 4. The number of phenols is 1. The van der Waals surface area contributed by atoms with Crippen LogP contribution in [0.3, 0.4) is 0 Å². The van der Waals surface area contributed by atoms with E-state index in [1.165, 1.54) is 52.7 Å². The van der Waals surface area contributed by atoms with E-state index in [2.05, 4.69) is 0 Å². The van der Waals surface area contributed by atoms with Crippen LogP contribution in [0.4, 0.5) is 0 Å². The number of rotatable bonds is 8. The van der Waals surface area contributed by atoms with Crippen molar-refractivity contribution in [3.63, 3.8) is 0 Å². The molecule has 0 spiro atoms. The van der Waals surface area contributed by atoms with Crippen molar-refractivity contribution in [2.75, 3.05) is 28.4 Å². The lowest BCUT2D eigenvalue weighted by atomic mass is 9.98. The summed E-state index contributed by atoms with van der Waals surface area (Å²) in [4.78, 5) is 24.7.